The fraction of sp³-hybridized carbons (Fsp3) is 0.462. The Balaban J connectivity index is 2.06. The number of amidine groups is 1. The first-order valence-electron chi connectivity index (χ1n) is 5.91. The molecule has 1 heterocycles. The van der Waals surface area contributed by atoms with E-state index in [0.29, 0.717) is 22.7 Å². The monoisotopic (exact) mass is 284 g/mol. The molecule has 1 N–H and O–H groups in total. The molecular weight excluding hydrogens is 268 g/mol. The van der Waals surface area contributed by atoms with Crippen molar-refractivity contribution in [1.82, 2.24) is 0 Å². The number of halogens is 1. The van der Waals surface area contributed by atoms with Crippen molar-refractivity contribution in [2.24, 2.45) is 10.9 Å². The average Bonchev–Trinajstić information content (AvgIpc) is 2.78. The van der Waals surface area contributed by atoms with Crippen molar-refractivity contribution in [3.05, 3.63) is 23.2 Å². The molecule has 18 heavy (non-hydrogen) atoms. The summed E-state index contributed by atoms with van der Waals surface area (Å²) in [5.41, 5.74) is 0.941. The first kappa shape index (κ1) is 13.6. The van der Waals surface area contributed by atoms with E-state index >= 15 is 0 Å². The number of benzene rings is 1. The van der Waals surface area contributed by atoms with Crippen molar-refractivity contribution in [1.29, 1.82) is 0 Å². The Morgan fingerprint density at radius 3 is 2.83 bits per heavy atom. The number of hydrogen-bond donors (Lipinski definition) is 1. The first-order valence-corrected chi connectivity index (χ1v) is 7.27. The van der Waals surface area contributed by atoms with Gasteiger partial charge in [0, 0.05) is 11.4 Å². The molecule has 1 aliphatic heterocycles. The molecule has 1 aliphatic rings. The number of hydrogen-bond acceptors (Lipinski definition) is 4. The molecule has 0 aliphatic carbocycles. The van der Waals surface area contributed by atoms with Gasteiger partial charge >= 0.3 is 0 Å². The van der Waals surface area contributed by atoms with Gasteiger partial charge in [0.25, 0.3) is 0 Å². The maximum atomic E-state index is 6.08. The molecule has 2 rings (SSSR count). The number of anilines is 1. The van der Waals surface area contributed by atoms with Crippen molar-refractivity contribution >= 4 is 34.2 Å². The Morgan fingerprint density at radius 2 is 2.28 bits per heavy atom. The summed E-state index contributed by atoms with van der Waals surface area (Å²) < 4.78 is 5.12. The Hall–Kier alpha value is -0.870. The van der Waals surface area contributed by atoms with E-state index in [4.69, 9.17) is 16.3 Å². The van der Waals surface area contributed by atoms with Gasteiger partial charge in [-0.3, -0.25) is 4.99 Å². The molecule has 0 spiro atoms. The average molecular weight is 285 g/mol. The fourth-order valence-electron chi connectivity index (χ4n) is 1.67. The van der Waals surface area contributed by atoms with Crippen LogP contribution in [0.2, 0.25) is 5.02 Å². The zero-order chi connectivity index (χ0) is 13.1. The smallest absolute Gasteiger partial charge is 0.161 e. The van der Waals surface area contributed by atoms with Crippen LogP contribution < -0.4 is 10.1 Å². The number of ether oxygens (including phenoxy) is 1. The van der Waals surface area contributed by atoms with Crippen LogP contribution >= 0.6 is 23.4 Å². The minimum atomic E-state index is 0.409. The van der Waals surface area contributed by atoms with E-state index in [1.54, 1.807) is 18.9 Å². The lowest BCUT2D eigenvalue weighted by molar-refractivity contribution is 0.415. The third-order valence-corrected chi connectivity index (χ3v) is 4.13. The van der Waals surface area contributed by atoms with Crippen LogP contribution in [0.15, 0.2) is 23.2 Å². The topological polar surface area (TPSA) is 33.6 Å². The van der Waals surface area contributed by atoms with Gasteiger partial charge in [-0.15, -0.1) is 0 Å². The first-order chi connectivity index (χ1) is 8.60. The molecule has 1 aromatic rings. The zero-order valence-corrected chi connectivity index (χ0v) is 12.3. The van der Waals surface area contributed by atoms with Gasteiger partial charge in [0.2, 0.25) is 0 Å². The number of rotatable bonds is 3. The Bertz CT molecular complexity index is 462. The lowest BCUT2D eigenvalue weighted by Gasteiger charge is -2.08. The fourth-order valence-corrected chi connectivity index (χ4v) is 3.11. The third-order valence-electron chi connectivity index (χ3n) is 2.85. The number of nitrogens with zero attached hydrogens (tertiary/aromatic N) is 1. The van der Waals surface area contributed by atoms with Gasteiger partial charge in [-0.25, -0.2) is 0 Å². The van der Waals surface area contributed by atoms with Crippen LogP contribution in [0.3, 0.4) is 0 Å². The van der Waals surface area contributed by atoms with E-state index < -0.39 is 0 Å². The summed E-state index contributed by atoms with van der Waals surface area (Å²) in [6.07, 6.45) is 0. The molecule has 0 bridgehead atoms. The second-order valence-electron chi connectivity index (χ2n) is 4.53. The number of aliphatic imine (C=N–C) groups is 1. The molecule has 3 nitrogen and oxygen atoms in total. The SMILES string of the molecule is COc1ccc(NC2=NC(C(C)C)CS2)cc1Cl. The molecule has 1 atom stereocenters. The number of methoxy groups -OCH3 is 1. The molecule has 1 aromatic carbocycles. The summed E-state index contributed by atoms with van der Waals surface area (Å²) in [6.45, 7) is 4.39. The highest BCUT2D eigenvalue weighted by molar-refractivity contribution is 8.14. The Labute approximate surface area is 117 Å². The van der Waals surface area contributed by atoms with Gasteiger partial charge in [-0.05, 0) is 24.1 Å². The number of thioether (sulfide) groups is 1. The minimum absolute atomic E-state index is 0.409. The van der Waals surface area contributed by atoms with Crippen molar-refractivity contribution in [2.45, 2.75) is 19.9 Å². The molecule has 0 saturated carbocycles. The predicted octanol–water partition coefficient (Wildman–Crippen LogP) is 3.89. The summed E-state index contributed by atoms with van der Waals surface area (Å²) in [5, 5.41) is 4.86. The van der Waals surface area contributed by atoms with Gasteiger partial charge < -0.3 is 10.1 Å². The zero-order valence-electron chi connectivity index (χ0n) is 10.7. The molecule has 5 heteroatoms. The maximum absolute atomic E-state index is 6.08. The largest absolute Gasteiger partial charge is 0.495 e. The van der Waals surface area contributed by atoms with Crippen molar-refractivity contribution < 1.29 is 4.74 Å². The minimum Gasteiger partial charge on any atom is -0.495 e. The maximum Gasteiger partial charge on any atom is 0.161 e. The van der Waals surface area contributed by atoms with Crippen LogP contribution in [0, 0.1) is 5.92 Å². The summed E-state index contributed by atoms with van der Waals surface area (Å²) >= 11 is 7.84. The molecule has 0 aromatic heterocycles. The second-order valence-corrected chi connectivity index (χ2v) is 5.95. The molecule has 0 fully saturated rings. The number of nitrogens with one attached hydrogen (secondary N) is 1. The van der Waals surface area contributed by atoms with E-state index in [0.717, 1.165) is 16.6 Å². The van der Waals surface area contributed by atoms with Crippen LogP contribution in [0.25, 0.3) is 0 Å². The standard InChI is InChI=1S/C13H17ClN2OS/c1-8(2)11-7-18-13(16-11)15-9-4-5-12(17-3)10(14)6-9/h4-6,8,11H,7H2,1-3H3,(H,15,16). The van der Waals surface area contributed by atoms with Gasteiger partial charge in [0.05, 0.1) is 18.2 Å². The second kappa shape index (κ2) is 5.85. The normalized spacial score (nSPS) is 18.9. The lowest BCUT2D eigenvalue weighted by atomic mass is 10.1. The van der Waals surface area contributed by atoms with Crippen LogP contribution in [0.1, 0.15) is 13.8 Å². The Kier molecular flexibility index (Phi) is 4.40. The van der Waals surface area contributed by atoms with Crippen molar-refractivity contribution in [2.75, 3.05) is 18.2 Å². The quantitative estimate of drug-likeness (QED) is 0.914. The lowest BCUT2D eigenvalue weighted by Crippen LogP contribution is -2.12. The van der Waals surface area contributed by atoms with Gasteiger partial charge in [0.1, 0.15) is 5.75 Å². The van der Waals surface area contributed by atoms with Crippen molar-refractivity contribution in [3.8, 4) is 5.75 Å². The molecule has 98 valence electrons. The highest BCUT2D eigenvalue weighted by Gasteiger charge is 2.21. The van der Waals surface area contributed by atoms with Crippen LogP contribution in [0.5, 0.6) is 5.75 Å². The van der Waals surface area contributed by atoms with E-state index in [-0.39, 0.29) is 0 Å². The summed E-state index contributed by atoms with van der Waals surface area (Å²) in [5.74, 6) is 2.31. The van der Waals surface area contributed by atoms with E-state index in [2.05, 4.69) is 24.2 Å². The third kappa shape index (κ3) is 3.12. The molecule has 1 unspecified atom stereocenters. The van der Waals surface area contributed by atoms with Gasteiger partial charge in [-0.2, -0.15) is 0 Å². The Morgan fingerprint density at radius 1 is 1.50 bits per heavy atom. The van der Waals surface area contributed by atoms with Crippen LogP contribution in [-0.4, -0.2) is 24.1 Å². The van der Waals surface area contributed by atoms with Crippen LogP contribution in [-0.2, 0) is 0 Å². The van der Waals surface area contributed by atoms with Gasteiger partial charge in [-0.1, -0.05) is 37.2 Å². The van der Waals surface area contributed by atoms with Crippen molar-refractivity contribution in [3.63, 3.8) is 0 Å². The highest BCUT2D eigenvalue weighted by atomic mass is 35.5. The van der Waals surface area contributed by atoms with E-state index in [9.17, 15) is 0 Å². The molecular formula is C13H17ClN2OS. The van der Waals surface area contributed by atoms with Gasteiger partial charge in [0.15, 0.2) is 5.17 Å². The molecule has 0 radical (unpaired) electrons. The highest BCUT2D eigenvalue weighted by Crippen LogP contribution is 2.29. The predicted molar refractivity (Wildman–Crippen MR) is 80.1 cm³/mol. The summed E-state index contributed by atoms with van der Waals surface area (Å²) in [4.78, 5) is 4.65. The molecule has 0 amide bonds. The summed E-state index contributed by atoms with van der Waals surface area (Å²) in [6, 6.07) is 6.05. The van der Waals surface area contributed by atoms with E-state index in [1.807, 2.05) is 18.2 Å². The van der Waals surface area contributed by atoms with E-state index in [1.165, 1.54) is 0 Å². The van der Waals surface area contributed by atoms with Crippen LogP contribution in [0.4, 0.5) is 5.69 Å². The summed E-state index contributed by atoms with van der Waals surface area (Å²) in [7, 11) is 1.61. The molecule has 0 saturated heterocycles.